The number of carbonyl (C=O) groups excluding carboxylic acids is 1. The lowest BCUT2D eigenvalue weighted by atomic mass is 10.2. The van der Waals surface area contributed by atoms with Crippen molar-refractivity contribution in [3.8, 4) is 17.2 Å². The van der Waals surface area contributed by atoms with E-state index in [4.69, 9.17) is 14.2 Å². The lowest BCUT2D eigenvalue weighted by Gasteiger charge is -2.17. The Labute approximate surface area is 153 Å². The van der Waals surface area contributed by atoms with Crippen LogP contribution >= 0.6 is 0 Å². The molecule has 0 aromatic heterocycles. The van der Waals surface area contributed by atoms with Crippen LogP contribution in [0.15, 0.2) is 42.5 Å². The van der Waals surface area contributed by atoms with E-state index in [1.54, 1.807) is 13.2 Å². The van der Waals surface area contributed by atoms with Crippen molar-refractivity contribution in [3.05, 3.63) is 48.0 Å². The molecular weight excluding hydrogens is 332 g/mol. The maximum absolute atomic E-state index is 12.3. The Morgan fingerprint density at radius 2 is 1.96 bits per heavy atom. The van der Waals surface area contributed by atoms with Crippen LogP contribution in [-0.4, -0.2) is 44.7 Å². The molecule has 1 heterocycles. The molecule has 26 heavy (non-hydrogen) atoms. The second kappa shape index (κ2) is 8.58. The molecule has 6 heteroatoms. The van der Waals surface area contributed by atoms with E-state index in [-0.39, 0.29) is 12.5 Å². The van der Waals surface area contributed by atoms with Crippen LogP contribution in [0.2, 0.25) is 0 Å². The number of likely N-dealkylation sites (N-methyl/N-ethyl adjacent to an activating group) is 1. The number of ether oxygens (including phenoxy) is 3. The quantitative estimate of drug-likeness (QED) is 0.862. The van der Waals surface area contributed by atoms with Gasteiger partial charge in [0.2, 0.25) is 5.91 Å². The third-order valence-electron chi connectivity index (χ3n) is 4.03. The van der Waals surface area contributed by atoms with E-state index in [1.807, 2.05) is 48.3 Å². The molecule has 0 spiro atoms. The van der Waals surface area contributed by atoms with Crippen LogP contribution in [0, 0.1) is 0 Å². The van der Waals surface area contributed by atoms with Crippen molar-refractivity contribution in [3.63, 3.8) is 0 Å². The summed E-state index contributed by atoms with van der Waals surface area (Å²) in [4.78, 5) is 14.3. The third kappa shape index (κ3) is 4.89. The Morgan fingerprint density at radius 1 is 1.15 bits per heavy atom. The van der Waals surface area contributed by atoms with Crippen molar-refractivity contribution in [2.75, 3.05) is 39.2 Å². The van der Waals surface area contributed by atoms with Gasteiger partial charge in [0.05, 0.1) is 26.9 Å². The lowest BCUT2D eigenvalue weighted by molar-refractivity contribution is -0.117. The minimum atomic E-state index is -0.0788. The Bertz CT molecular complexity index is 763. The fourth-order valence-electron chi connectivity index (χ4n) is 2.83. The molecule has 0 unspecified atom stereocenters. The predicted octanol–water partition coefficient (Wildman–Crippen LogP) is 2.93. The second-order valence-corrected chi connectivity index (χ2v) is 6.28. The molecule has 0 radical (unpaired) electrons. The Hall–Kier alpha value is -2.73. The van der Waals surface area contributed by atoms with Crippen LogP contribution < -0.4 is 19.5 Å². The van der Waals surface area contributed by atoms with Crippen LogP contribution in [0.1, 0.15) is 12.0 Å². The van der Waals surface area contributed by atoms with E-state index in [2.05, 4.69) is 5.32 Å². The molecule has 138 valence electrons. The lowest BCUT2D eigenvalue weighted by Crippen LogP contribution is -2.29. The first-order valence-corrected chi connectivity index (χ1v) is 8.65. The number of rotatable bonds is 6. The molecule has 0 aliphatic carbocycles. The van der Waals surface area contributed by atoms with E-state index < -0.39 is 0 Å². The van der Waals surface area contributed by atoms with Crippen molar-refractivity contribution in [2.24, 2.45) is 0 Å². The summed E-state index contributed by atoms with van der Waals surface area (Å²) in [5, 5.41) is 2.91. The number of anilines is 1. The smallest absolute Gasteiger partial charge is 0.238 e. The van der Waals surface area contributed by atoms with Gasteiger partial charge in [-0.25, -0.2) is 0 Å². The largest absolute Gasteiger partial charge is 0.497 e. The average molecular weight is 356 g/mol. The molecule has 2 aromatic carbocycles. The van der Waals surface area contributed by atoms with Crippen LogP contribution in [0.4, 0.5) is 5.69 Å². The summed E-state index contributed by atoms with van der Waals surface area (Å²) >= 11 is 0. The van der Waals surface area contributed by atoms with E-state index in [1.165, 1.54) is 0 Å². The Balaban J connectivity index is 1.55. The first-order chi connectivity index (χ1) is 12.6. The summed E-state index contributed by atoms with van der Waals surface area (Å²) < 4.78 is 16.5. The molecule has 0 saturated carbocycles. The molecule has 2 aromatic rings. The highest BCUT2D eigenvalue weighted by atomic mass is 16.5. The number of benzene rings is 2. The predicted molar refractivity (Wildman–Crippen MR) is 100 cm³/mol. The third-order valence-corrected chi connectivity index (χ3v) is 4.03. The van der Waals surface area contributed by atoms with E-state index in [0.29, 0.717) is 31.2 Å². The highest BCUT2D eigenvalue weighted by molar-refractivity contribution is 5.92. The Morgan fingerprint density at radius 3 is 2.77 bits per heavy atom. The number of amides is 1. The molecular formula is C20H24N2O4. The molecule has 0 saturated heterocycles. The second-order valence-electron chi connectivity index (χ2n) is 6.28. The maximum Gasteiger partial charge on any atom is 0.238 e. The van der Waals surface area contributed by atoms with Gasteiger partial charge in [-0.3, -0.25) is 9.69 Å². The fourth-order valence-corrected chi connectivity index (χ4v) is 2.83. The number of fused-ring (bicyclic) bond motifs is 1. The number of hydrogen-bond donors (Lipinski definition) is 1. The molecule has 3 rings (SSSR count). The molecule has 1 amide bonds. The number of carbonyl (C=O) groups is 1. The van der Waals surface area contributed by atoms with E-state index in [9.17, 15) is 4.79 Å². The summed E-state index contributed by atoms with van der Waals surface area (Å²) in [7, 11) is 3.55. The van der Waals surface area contributed by atoms with Crippen LogP contribution in [0.5, 0.6) is 17.2 Å². The summed E-state index contributed by atoms with van der Waals surface area (Å²) in [5.41, 5.74) is 1.80. The van der Waals surface area contributed by atoms with Crippen molar-refractivity contribution < 1.29 is 19.0 Å². The Kier molecular flexibility index (Phi) is 5.96. The SMILES string of the molecule is COc1cccc(CN(C)CC(=O)Nc2ccc3c(c2)OCCCO3)c1. The highest BCUT2D eigenvalue weighted by Gasteiger charge is 2.13. The van der Waals surface area contributed by atoms with Gasteiger partial charge in [0.25, 0.3) is 0 Å². The van der Waals surface area contributed by atoms with Gasteiger partial charge >= 0.3 is 0 Å². The fraction of sp³-hybridized carbons (Fsp3) is 0.350. The summed E-state index contributed by atoms with van der Waals surface area (Å²) in [6, 6.07) is 13.3. The number of nitrogens with one attached hydrogen (secondary N) is 1. The van der Waals surface area contributed by atoms with Gasteiger partial charge < -0.3 is 19.5 Å². The zero-order valence-electron chi connectivity index (χ0n) is 15.2. The first-order valence-electron chi connectivity index (χ1n) is 8.65. The minimum absolute atomic E-state index is 0.0788. The summed E-state index contributed by atoms with van der Waals surface area (Å²) in [6.07, 6.45) is 0.853. The van der Waals surface area contributed by atoms with E-state index >= 15 is 0 Å². The summed E-state index contributed by atoms with van der Waals surface area (Å²) in [6.45, 7) is 2.21. The van der Waals surface area contributed by atoms with Gasteiger partial charge in [0.1, 0.15) is 5.75 Å². The van der Waals surface area contributed by atoms with Crippen molar-refractivity contribution in [1.29, 1.82) is 0 Å². The van der Waals surface area contributed by atoms with Crippen molar-refractivity contribution >= 4 is 11.6 Å². The molecule has 0 atom stereocenters. The van der Waals surface area contributed by atoms with Gasteiger partial charge in [-0.2, -0.15) is 0 Å². The van der Waals surface area contributed by atoms with Gasteiger partial charge in [0, 0.05) is 24.7 Å². The molecule has 6 nitrogen and oxygen atoms in total. The van der Waals surface area contributed by atoms with Gasteiger partial charge in [-0.15, -0.1) is 0 Å². The molecule has 0 fully saturated rings. The zero-order chi connectivity index (χ0) is 18.4. The van der Waals surface area contributed by atoms with Crippen molar-refractivity contribution in [2.45, 2.75) is 13.0 Å². The van der Waals surface area contributed by atoms with Gasteiger partial charge in [-0.05, 0) is 36.9 Å². The highest BCUT2D eigenvalue weighted by Crippen LogP contribution is 2.32. The summed E-state index contributed by atoms with van der Waals surface area (Å²) in [5.74, 6) is 2.12. The minimum Gasteiger partial charge on any atom is -0.497 e. The van der Waals surface area contributed by atoms with Gasteiger partial charge in [0.15, 0.2) is 11.5 Å². The number of hydrogen-bond acceptors (Lipinski definition) is 5. The van der Waals surface area contributed by atoms with Crippen LogP contribution in [0.25, 0.3) is 0 Å². The standard InChI is InChI=1S/C20H24N2O4/c1-22(13-15-5-3-6-17(11-15)24-2)14-20(23)21-16-7-8-18-19(12-16)26-10-4-9-25-18/h3,5-8,11-12H,4,9-10,13-14H2,1-2H3,(H,21,23). The van der Waals surface area contributed by atoms with Crippen molar-refractivity contribution in [1.82, 2.24) is 4.90 Å². The van der Waals surface area contributed by atoms with E-state index in [0.717, 1.165) is 23.5 Å². The maximum atomic E-state index is 12.3. The number of methoxy groups -OCH3 is 1. The molecule has 1 aliphatic heterocycles. The molecule has 0 bridgehead atoms. The average Bonchev–Trinajstić information content (AvgIpc) is 2.86. The number of nitrogens with zero attached hydrogens (tertiary/aromatic N) is 1. The van der Waals surface area contributed by atoms with Crippen LogP contribution in [-0.2, 0) is 11.3 Å². The van der Waals surface area contributed by atoms with Gasteiger partial charge in [-0.1, -0.05) is 12.1 Å². The monoisotopic (exact) mass is 356 g/mol. The topological polar surface area (TPSA) is 60.0 Å². The van der Waals surface area contributed by atoms with Crippen LogP contribution in [0.3, 0.4) is 0 Å². The molecule has 1 N–H and O–H groups in total. The molecule has 1 aliphatic rings. The normalized spacial score (nSPS) is 13.2. The zero-order valence-corrected chi connectivity index (χ0v) is 15.2. The first kappa shape index (κ1) is 18.1.